The Balaban J connectivity index is 2.12. The molecule has 0 aromatic rings. The van der Waals surface area contributed by atoms with Crippen molar-refractivity contribution >= 4 is 5.91 Å². The van der Waals surface area contributed by atoms with Crippen molar-refractivity contribution in [3.63, 3.8) is 0 Å². The minimum absolute atomic E-state index is 0.187. The van der Waals surface area contributed by atoms with Crippen LogP contribution in [0.25, 0.3) is 0 Å². The van der Waals surface area contributed by atoms with Crippen LogP contribution < -0.4 is 5.32 Å². The Morgan fingerprint density at radius 2 is 0.826 bits per heavy atom. The van der Waals surface area contributed by atoms with Crippen molar-refractivity contribution in [2.45, 2.75) is 326 Å². The van der Waals surface area contributed by atoms with E-state index in [1.165, 1.54) is 212 Å². The van der Waals surface area contributed by atoms with E-state index in [1.807, 2.05) is 6.08 Å². The van der Waals surface area contributed by atoms with Crippen molar-refractivity contribution in [2.75, 3.05) is 13.2 Å². The van der Waals surface area contributed by atoms with Gasteiger partial charge in [-0.25, -0.2) is 0 Å². The van der Waals surface area contributed by atoms with Gasteiger partial charge in [0.2, 0.25) is 5.91 Å². The van der Waals surface area contributed by atoms with Gasteiger partial charge in [-0.15, -0.1) is 0 Å². The van der Waals surface area contributed by atoms with E-state index in [0.717, 1.165) is 51.4 Å². The lowest BCUT2D eigenvalue weighted by atomic mass is 9.99. The van der Waals surface area contributed by atoms with E-state index in [-0.39, 0.29) is 12.5 Å². The van der Waals surface area contributed by atoms with Gasteiger partial charge in [0.05, 0.1) is 25.4 Å². The fourth-order valence-electron chi connectivity index (χ4n) is 9.49. The SMILES string of the molecule is CCCCCC/C=C/CC/C=C/CC/C=C/C(O)C(COC1OC(CO)C(O)C(O)C1O)NC(=O)CCCCCCCCCCCCCCCCCCCCCCCCCCCCCCCCCC. The van der Waals surface area contributed by atoms with Gasteiger partial charge in [-0.2, -0.15) is 0 Å². The molecule has 406 valence electrons. The molecule has 0 saturated carbocycles. The molecule has 1 aliphatic heterocycles. The van der Waals surface area contributed by atoms with Gasteiger partial charge in [0.15, 0.2) is 6.29 Å². The zero-order valence-corrected chi connectivity index (χ0v) is 45.1. The summed E-state index contributed by atoms with van der Waals surface area (Å²) in [5.74, 6) is -0.187. The minimum Gasteiger partial charge on any atom is -0.394 e. The van der Waals surface area contributed by atoms with Crippen LogP contribution in [-0.2, 0) is 14.3 Å². The lowest BCUT2D eigenvalue weighted by Crippen LogP contribution is -2.60. The first kappa shape index (κ1) is 65.4. The molecular weight excluding hydrogens is 863 g/mol. The first-order valence-corrected chi connectivity index (χ1v) is 29.7. The van der Waals surface area contributed by atoms with E-state index in [2.05, 4.69) is 43.5 Å². The van der Waals surface area contributed by atoms with Crippen molar-refractivity contribution in [3.8, 4) is 0 Å². The van der Waals surface area contributed by atoms with E-state index in [0.29, 0.717) is 6.42 Å². The summed E-state index contributed by atoms with van der Waals surface area (Å²) in [4.78, 5) is 13.0. The Hall–Kier alpha value is -1.59. The van der Waals surface area contributed by atoms with E-state index in [4.69, 9.17) is 9.47 Å². The van der Waals surface area contributed by atoms with E-state index in [9.17, 15) is 30.3 Å². The van der Waals surface area contributed by atoms with Crippen LogP contribution in [0.1, 0.15) is 284 Å². The van der Waals surface area contributed by atoms with Crippen LogP contribution in [0.2, 0.25) is 0 Å². The minimum atomic E-state index is -1.57. The van der Waals surface area contributed by atoms with E-state index in [1.54, 1.807) is 6.08 Å². The number of aliphatic hydroxyl groups excluding tert-OH is 5. The standard InChI is InChI=1S/C60H113NO8/c1-3-5-7-9-11-13-15-17-19-20-21-22-23-24-25-26-27-28-29-30-31-32-33-34-35-36-38-40-42-44-46-48-50-56(64)61-53(52-68-60-59(67)58(66)57(65)55(51-62)69-60)54(63)49-47-45-43-41-39-37-18-16-14-12-10-8-6-4-2/h14,16,39,41,47,49,53-55,57-60,62-63,65-67H,3-13,15,17-38,40,42-46,48,50-52H2,1-2H3,(H,61,64)/b16-14+,41-39+,49-47+. The van der Waals surface area contributed by atoms with Crippen LogP contribution in [0.15, 0.2) is 36.5 Å². The Bertz CT molecular complexity index is 1180. The first-order valence-electron chi connectivity index (χ1n) is 29.7. The molecule has 69 heavy (non-hydrogen) atoms. The zero-order chi connectivity index (χ0) is 50.1. The van der Waals surface area contributed by atoms with Gasteiger partial charge in [-0.3, -0.25) is 4.79 Å². The van der Waals surface area contributed by atoms with Gasteiger partial charge in [0.25, 0.3) is 0 Å². The number of ether oxygens (including phenoxy) is 2. The van der Waals surface area contributed by atoms with Gasteiger partial charge in [-0.05, 0) is 44.9 Å². The maximum Gasteiger partial charge on any atom is 0.220 e. The highest BCUT2D eigenvalue weighted by Gasteiger charge is 2.44. The smallest absolute Gasteiger partial charge is 0.220 e. The highest BCUT2D eigenvalue weighted by atomic mass is 16.7. The molecular formula is C60H113NO8. The topological polar surface area (TPSA) is 149 Å². The summed E-state index contributed by atoms with van der Waals surface area (Å²) in [6.45, 7) is 3.76. The second-order valence-corrected chi connectivity index (χ2v) is 20.8. The predicted molar refractivity (Wildman–Crippen MR) is 290 cm³/mol. The fourth-order valence-corrected chi connectivity index (χ4v) is 9.49. The molecule has 0 spiro atoms. The van der Waals surface area contributed by atoms with Crippen LogP contribution in [0, 0.1) is 0 Å². The molecule has 0 aliphatic carbocycles. The molecule has 0 bridgehead atoms. The summed E-state index contributed by atoms with van der Waals surface area (Å²) < 4.78 is 11.2. The largest absolute Gasteiger partial charge is 0.394 e. The third-order valence-electron chi connectivity index (χ3n) is 14.2. The molecule has 7 atom stereocenters. The van der Waals surface area contributed by atoms with Crippen LogP contribution in [0.5, 0.6) is 0 Å². The Morgan fingerprint density at radius 3 is 1.22 bits per heavy atom. The average Bonchev–Trinajstić information content (AvgIpc) is 3.35. The molecule has 9 heteroatoms. The van der Waals surface area contributed by atoms with Gasteiger partial charge in [0, 0.05) is 6.42 Å². The number of hydrogen-bond acceptors (Lipinski definition) is 8. The third-order valence-corrected chi connectivity index (χ3v) is 14.2. The molecule has 1 amide bonds. The number of aliphatic hydroxyl groups is 5. The molecule has 9 nitrogen and oxygen atoms in total. The second-order valence-electron chi connectivity index (χ2n) is 20.8. The summed E-state index contributed by atoms with van der Waals surface area (Å²) >= 11 is 0. The van der Waals surface area contributed by atoms with Crippen LogP contribution >= 0.6 is 0 Å². The van der Waals surface area contributed by atoms with Crippen molar-refractivity contribution in [2.24, 2.45) is 0 Å². The van der Waals surface area contributed by atoms with Crippen molar-refractivity contribution in [1.82, 2.24) is 5.32 Å². The predicted octanol–water partition coefficient (Wildman–Crippen LogP) is 14.7. The molecule has 0 aromatic heterocycles. The van der Waals surface area contributed by atoms with E-state index < -0.39 is 49.5 Å². The van der Waals surface area contributed by atoms with Gasteiger partial charge < -0.3 is 40.3 Å². The Kier molecular flexibility index (Phi) is 47.4. The molecule has 6 N–H and O–H groups in total. The Morgan fingerprint density at radius 1 is 0.478 bits per heavy atom. The highest BCUT2D eigenvalue weighted by Crippen LogP contribution is 2.23. The first-order chi connectivity index (χ1) is 33.8. The molecule has 7 unspecified atom stereocenters. The van der Waals surface area contributed by atoms with Crippen molar-refractivity contribution < 1.29 is 39.8 Å². The molecule has 1 aliphatic rings. The molecule has 1 fully saturated rings. The molecule has 1 saturated heterocycles. The van der Waals surface area contributed by atoms with Crippen LogP contribution in [0.3, 0.4) is 0 Å². The number of amides is 1. The summed E-state index contributed by atoms with van der Waals surface area (Å²) in [5.41, 5.74) is 0. The lowest BCUT2D eigenvalue weighted by molar-refractivity contribution is -0.302. The normalized spacial score (nSPS) is 19.7. The molecule has 1 rings (SSSR count). The quantitative estimate of drug-likeness (QED) is 0.0261. The molecule has 0 aromatic carbocycles. The van der Waals surface area contributed by atoms with Crippen LogP contribution in [-0.4, -0.2) is 87.5 Å². The van der Waals surface area contributed by atoms with Crippen molar-refractivity contribution in [1.29, 1.82) is 0 Å². The Labute approximate surface area is 425 Å². The lowest BCUT2D eigenvalue weighted by Gasteiger charge is -2.40. The molecule has 1 heterocycles. The third kappa shape index (κ3) is 39.6. The number of unbranched alkanes of at least 4 members (excludes halogenated alkanes) is 37. The summed E-state index contributed by atoms with van der Waals surface area (Å²) in [6.07, 6.45) is 58.1. The number of allylic oxidation sites excluding steroid dienone is 5. The zero-order valence-electron chi connectivity index (χ0n) is 45.1. The van der Waals surface area contributed by atoms with Gasteiger partial charge in [0.1, 0.15) is 24.4 Å². The fraction of sp³-hybridized carbons (Fsp3) is 0.883. The monoisotopic (exact) mass is 976 g/mol. The van der Waals surface area contributed by atoms with E-state index >= 15 is 0 Å². The number of rotatable bonds is 51. The summed E-state index contributed by atoms with van der Waals surface area (Å²) in [5, 5.41) is 54.4. The maximum absolute atomic E-state index is 13.0. The maximum atomic E-state index is 13.0. The highest BCUT2D eigenvalue weighted by molar-refractivity contribution is 5.76. The van der Waals surface area contributed by atoms with Gasteiger partial charge in [-0.1, -0.05) is 269 Å². The van der Waals surface area contributed by atoms with Crippen LogP contribution in [0.4, 0.5) is 0 Å². The average molecular weight is 977 g/mol. The molecule has 0 radical (unpaired) electrons. The second kappa shape index (κ2) is 50.0. The van der Waals surface area contributed by atoms with Crippen molar-refractivity contribution in [3.05, 3.63) is 36.5 Å². The number of hydrogen-bond donors (Lipinski definition) is 6. The number of carbonyl (C=O) groups excluding carboxylic acids is 1. The number of nitrogens with one attached hydrogen (secondary N) is 1. The van der Waals surface area contributed by atoms with Gasteiger partial charge >= 0.3 is 0 Å². The number of carbonyl (C=O) groups is 1. The summed E-state index contributed by atoms with van der Waals surface area (Å²) in [6, 6.07) is -0.825. The summed E-state index contributed by atoms with van der Waals surface area (Å²) in [7, 11) is 0.